The van der Waals surface area contributed by atoms with Gasteiger partial charge in [0.15, 0.2) is 0 Å². The highest BCUT2D eigenvalue weighted by Crippen LogP contribution is 2.25. The molecule has 0 bridgehead atoms. The van der Waals surface area contributed by atoms with E-state index in [1.54, 1.807) is 18.3 Å². The fourth-order valence-electron chi connectivity index (χ4n) is 3.81. The van der Waals surface area contributed by atoms with Crippen LogP contribution in [-0.4, -0.2) is 54.0 Å². The van der Waals surface area contributed by atoms with Crippen LogP contribution in [0.5, 0.6) is 0 Å². The van der Waals surface area contributed by atoms with Crippen molar-refractivity contribution in [2.24, 2.45) is 0 Å². The van der Waals surface area contributed by atoms with E-state index in [-0.39, 0.29) is 5.97 Å². The molecule has 32 heavy (non-hydrogen) atoms. The highest BCUT2D eigenvalue weighted by atomic mass is 16.5. The molecule has 1 aliphatic rings. The molecule has 0 aliphatic carbocycles. The smallest absolute Gasteiger partial charge is 0.337 e. The van der Waals surface area contributed by atoms with Gasteiger partial charge in [0.1, 0.15) is 0 Å². The number of nitrogens with zero attached hydrogens (tertiary/aromatic N) is 4. The lowest BCUT2D eigenvalue weighted by Gasteiger charge is -2.28. The highest BCUT2D eigenvalue weighted by Gasteiger charge is 2.13. The molecule has 1 aliphatic heterocycles. The van der Waals surface area contributed by atoms with Gasteiger partial charge in [-0.25, -0.2) is 14.3 Å². The number of rotatable bonds is 5. The zero-order chi connectivity index (χ0) is 21.9. The van der Waals surface area contributed by atoms with Gasteiger partial charge in [0.2, 0.25) is 5.95 Å². The van der Waals surface area contributed by atoms with Gasteiger partial charge in [0, 0.05) is 30.0 Å². The second-order valence-corrected chi connectivity index (χ2v) is 7.48. The minimum absolute atomic E-state index is 0.370. The summed E-state index contributed by atoms with van der Waals surface area (Å²) in [6, 6.07) is 19.4. The van der Waals surface area contributed by atoms with E-state index in [0.717, 1.165) is 48.8 Å². The molecule has 8 nitrogen and oxygen atoms in total. The van der Waals surface area contributed by atoms with Crippen molar-refractivity contribution in [2.75, 3.05) is 43.6 Å². The average Bonchev–Trinajstić information content (AvgIpc) is 3.28. The maximum Gasteiger partial charge on any atom is 0.337 e. The van der Waals surface area contributed by atoms with Gasteiger partial charge in [0.25, 0.3) is 0 Å². The number of carbonyl (C=O) groups excluding carboxylic acids is 1. The lowest BCUT2D eigenvalue weighted by Crippen LogP contribution is -2.36. The van der Waals surface area contributed by atoms with Crippen molar-refractivity contribution in [3.05, 3.63) is 72.4 Å². The van der Waals surface area contributed by atoms with Crippen molar-refractivity contribution >= 4 is 28.8 Å². The number of benzene rings is 2. The number of fused-ring (bicyclic) bond motifs is 1. The molecule has 8 heteroatoms. The van der Waals surface area contributed by atoms with Crippen LogP contribution >= 0.6 is 0 Å². The van der Waals surface area contributed by atoms with Crippen molar-refractivity contribution in [1.82, 2.24) is 14.6 Å². The molecule has 4 aromatic rings. The summed E-state index contributed by atoms with van der Waals surface area (Å²) in [5.74, 6) is 0.114. The van der Waals surface area contributed by atoms with Crippen LogP contribution in [0.2, 0.25) is 0 Å². The van der Waals surface area contributed by atoms with E-state index in [1.807, 2.05) is 40.9 Å². The largest absolute Gasteiger partial charge is 0.465 e. The summed E-state index contributed by atoms with van der Waals surface area (Å²) in [4.78, 5) is 18.7. The van der Waals surface area contributed by atoms with E-state index in [1.165, 1.54) is 12.8 Å². The second-order valence-electron chi connectivity index (χ2n) is 7.48. The quantitative estimate of drug-likeness (QED) is 0.484. The van der Waals surface area contributed by atoms with Gasteiger partial charge in [-0.3, -0.25) is 0 Å². The Morgan fingerprint density at radius 3 is 2.66 bits per heavy atom. The highest BCUT2D eigenvalue weighted by molar-refractivity contribution is 5.91. The number of morpholine rings is 1. The maximum absolute atomic E-state index is 11.9. The van der Waals surface area contributed by atoms with E-state index < -0.39 is 0 Å². The number of carbonyl (C=O) groups is 1. The predicted molar refractivity (Wildman–Crippen MR) is 123 cm³/mol. The molecule has 0 atom stereocenters. The number of anilines is 3. The van der Waals surface area contributed by atoms with Gasteiger partial charge in [-0.05, 0) is 48.5 Å². The molecule has 0 unspecified atom stereocenters. The zero-order valence-electron chi connectivity index (χ0n) is 17.7. The average molecular weight is 429 g/mol. The molecule has 0 radical (unpaired) electrons. The standard InChI is InChI=1S/C24H23N5O3/c1-31-23(30)18-4-2-3-17(15-18)22-10-9-21-16-25-24(27-29(21)22)26-19-5-7-20(8-6-19)28-11-13-32-14-12-28/h2-10,15-16H,11-14H2,1H3,(H,26,27). The van der Waals surface area contributed by atoms with Crippen LogP contribution in [0.15, 0.2) is 66.9 Å². The van der Waals surface area contributed by atoms with Crippen LogP contribution in [-0.2, 0) is 9.47 Å². The van der Waals surface area contributed by atoms with Crippen LogP contribution in [0.25, 0.3) is 16.8 Å². The van der Waals surface area contributed by atoms with E-state index in [4.69, 9.17) is 9.47 Å². The monoisotopic (exact) mass is 429 g/mol. The number of hydrogen-bond donors (Lipinski definition) is 1. The van der Waals surface area contributed by atoms with Crippen LogP contribution in [0, 0.1) is 0 Å². The number of methoxy groups -OCH3 is 1. The number of esters is 1. The first-order valence-electron chi connectivity index (χ1n) is 10.4. The maximum atomic E-state index is 11.9. The van der Waals surface area contributed by atoms with E-state index >= 15 is 0 Å². The molecule has 2 aromatic carbocycles. The zero-order valence-corrected chi connectivity index (χ0v) is 17.7. The molecule has 162 valence electrons. The topological polar surface area (TPSA) is 81.0 Å². The van der Waals surface area contributed by atoms with E-state index in [9.17, 15) is 4.79 Å². The minimum Gasteiger partial charge on any atom is -0.465 e. The molecule has 5 rings (SSSR count). The molecular formula is C24H23N5O3. The molecule has 0 saturated carbocycles. The number of nitrogens with one attached hydrogen (secondary N) is 1. The Balaban J connectivity index is 1.40. The van der Waals surface area contributed by atoms with Gasteiger partial charge >= 0.3 is 5.97 Å². The van der Waals surface area contributed by atoms with Crippen LogP contribution in [0.1, 0.15) is 10.4 Å². The normalized spacial score (nSPS) is 13.8. The van der Waals surface area contributed by atoms with Crippen LogP contribution in [0.4, 0.5) is 17.3 Å². The molecule has 0 spiro atoms. The summed E-state index contributed by atoms with van der Waals surface area (Å²) in [6.45, 7) is 3.32. The number of hydrogen-bond acceptors (Lipinski definition) is 7. The Hall–Kier alpha value is -3.91. The molecule has 1 saturated heterocycles. The van der Waals surface area contributed by atoms with Crippen LogP contribution in [0.3, 0.4) is 0 Å². The molecular weight excluding hydrogens is 406 g/mol. The molecule has 3 heterocycles. The van der Waals surface area contributed by atoms with Gasteiger partial charge in [-0.15, -0.1) is 5.10 Å². The lowest BCUT2D eigenvalue weighted by atomic mass is 10.1. The van der Waals surface area contributed by atoms with Gasteiger partial charge in [0.05, 0.1) is 43.3 Å². The van der Waals surface area contributed by atoms with Crippen molar-refractivity contribution in [3.8, 4) is 11.3 Å². The Bertz CT molecular complexity index is 1250. The third-order valence-electron chi connectivity index (χ3n) is 5.48. The fraction of sp³-hybridized carbons (Fsp3) is 0.208. The van der Waals surface area contributed by atoms with Crippen molar-refractivity contribution in [3.63, 3.8) is 0 Å². The summed E-state index contributed by atoms with van der Waals surface area (Å²) < 4.78 is 12.1. The summed E-state index contributed by atoms with van der Waals surface area (Å²) in [6.07, 6.45) is 1.77. The van der Waals surface area contributed by atoms with Crippen molar-refractivity contribution in [1.29, 1.82) is 0 Å². The van der Waals surface area contributed by atoms with Gasteiger partial charge < -0.3 is 19.7 Å². The third kappa shape index (κ3) is 4.00. The van der Waals surface area contributed by atoms with Gasteiger partial charge in [-0.2, -0.15) is 0 Å². The molecule has 0 amide bonds. The Morgan fingerprint density at radius 1 is 1.06 bits per heavy atom. The van der Waals surface area contributed by atoms with Crippen molar-refractivity contribution < 1.29 is 14.3 Å². The second kappa shape index (κ2) is 8.68. The predicted octanol–water partition coefficient (Wildman–Crippen LogP) is 3.76. The number of aromatic nitrogens is 3. The first kappa shape index (κ1) is 20.0. The summed E-state index contributed by atoms with van der Waals surface area (Å²) in [5.41, 5.74) is 5.16. The Morgan fingerprint density at radius 2 is 1.88 bits per heavy atom. The summed E-state index contributed by atoms with van der Waals surface area (Å²) >= 11 is 0. The first-order valence-corrected chi connectivity index (χ1v) is 10.4. The fourth-order valence-corrected chi connectivity index (χ4v) is 3.81. The molecule has 1 N–H and O–H groups in total. The van der Waals surface area contributed by atoms with E-state index in [0.29, 0.717) is 11.5 Å². The minimum atomic E-state index is -0.370. The SMILES string of the molecule is COC(=O)c1cccc(-c2ccc3cnc(Nc4ccc(N5CCOCC5)cc4)nn23)c1. The first-order chi connectivity index (χ1) is 15.7. The lowest BCUT2D eigenvalue weighted by molar-refractivity contribution is 0.0601. The Labute approximate surface area is 185 Å². The molecule has 1 fully saturated rings. The van der Waals surface area contributed by atoms with Crippen molar-refractivity contribution in [2.45, 2.75) is 0 Å². The third-order valence-corrected chi connectivity index (χ3v) is 5.48. The summed E-state index contributed by atoms with van der Waals surface area (Å²) in [5, 5.41) is 7.94. The number of ether oxygens (including phenoxy) is 2. The molecule has 2 aromatic heterocycles. The van der Waals surface area contributed by atoms with Crippen LogP contribution < -0.4 is 10.2 Å². The van der Waals surface area contributed by atoms with Gasteiger partial charge in [-0.1, -0.05) is 12.1 Å². The van der Waals surface area contributed by atoms with E-state index in [2.05, 4.69) is 32.4 Å². The Kier molecular flexibility index (Phi) is 5.43. The summed E-state index contributed by atoms with van der Waals surface area (Å²) in [7, 11) is 1.38.